The van der Waals surface area contributed by atoms with Crippen LogP contribution in [0.2, 0.25) is 0 Å². The number of likely N-dealkylation sites (N-methyl/N-ethyl adjacent to an activating group) is 1. The molecule has 0 fully saturated rings. The van der Waals surface area contributed by atoms with E-state index in [0.29, 0.717) is 6.42 Å². The van der Waals surface area contributed by atoms with Crippen LogP contribution < -0.4 is 0 Å². The maximum absolute atomic E-state index is 12.1. The Morgan fingerprint density at radius 1 is 1.38 bits per heavy atom. The molecule has 0 aliphatic heterocycles. The number of carbonyl (C=O) groups is 2. The van der Waals surface area contributed by atoms with Gasteiger partial charge in [0.15, 0.2) is 0 Å². The van der Waals surface area contributed by atoms with Crippen molar-refractivity contribution in [3.63, 3.8) is 0 Å². The molecule has 1 amide bonds. The molecule has 0 aliphatic carbocycles. The van der Waals surface area contributed by atoms with Crippen LogP contribution in [0.25, 0.3) is 0 Å². The summed E-state index contributed by atoms with van der Waals surface area (Å²) in [6.45, 7) is 5.31. The third kappa shape index (κ3) is 5.41. The van der Waals surface area contributed by atoms with Gasteiger partial charge in [-0.25, -0.2) is 9.59 Å². The van der Waals surface area contributed by atoms with Crippen molar-refractivity contribution < 1.29 is 19.1 Å². The highest BCUT2D eigenvalue weighted by Gasteiger charge is 2.31. The van der Waals surface area contributed by atoms with Gasteiger partial charge in [0.1, 0.15) is 11.6 Å². The van der Waals surface area contributed by atoms with Crippen LogP contribution in [0.5, 0.6) is 0 Å². The molecule has 0 bridgehead atoms. The molecule has 0 unspecified atom stereocenters. The summed E-state index contributed by atoms with van der Waals surface area (Å²) in [6.07, 6.45) is 3.05. The smallest absolute Gasteiger partial charge is 0.410 e. The minimum atomic E-state index is -0.756. The number of rotatable bonds is 4. The molecule has 1 aromatic heterocycles. The Kier molecular flexibility index (Phi) is 5.69. The summed E-state index contributed by atoms with van der Waals surface area (Å²) in [5.41, 5.74) is 0.212. The maximum atomic E-state index is 12.1. The van der Waals surface area contributed by atoms with Gasteiger partial charge in [0.2, 0.25) is 0 Å². The molecule has 0 aliphatic rings. The fourth-order valence-electron chi connectivity index (χ4n) is 1.72. The summed E-state index contributed by atoms with van der Waals surface area (Å²) >= 11 is 0. The molecule has 21 heavy (non-hydrogen) atoms. The van der Waals surface area contributed by atoms with Crippen LogP contribution in [0.1, 0.15) is 26.3 Å². The average molecular weight is 294 g/mol. The Morgan fingerprint density at radius 2 is 2.05 bits per heavy atom. The van der Waals surface area contributed by atoms with Crippen molar-refractivity contribution in [2.24, 2.45) is 0 Å². The standard InChI is InChI=1S/C15H22N2O4/c1-15(2,3)21-14(19)17(4)12(13(18)20-5)9-11-7-6-8-16-10-11/h6-8,10,12H,9H2,1-5H3/t12-/m0/s1. The second-order valence-electron chi connectivity index (χ2n) is 5.70. The van der Waals surface area contributed by atoms with Gasteiger partial charge in [-0.3, -0.25) is 9.88 Å². The topological polar surface area (TPSA) is 68.7 Å². The number of aromatic nitrogens is 1. The van der Waals surface area contributed by atoms with E-state index >= 15 is 0 Å². The van der Waals surface area contributed by atoms with Gasteiger partial charge in [-0.05, 0) is 32.4 Å². The molecule has 0 N–H and O–H groups in total. The predicted molar refractivity (Wildman–Crippen MR) is 77.7 cm³/mol. The maximum Gasteiger partial charge on any atom is 0.410 e. The largest absolute Gasteiger partial charge is 0.467 e. The van der Waals surface area contributed by atoms with Crippen LogP contribution in [0.3, 0.4) is 0 Å². The summed E-state index contributed by atoms with van der Waals surface area (Å²) in [6, 6.07) is 2.86. The lowest BCUT2D eigenvalue weighted by molar-refractivity contribution is -0.146. The Morgan fingerprint density at radius 3 is 2.52 bits per heavy atom. The van der Waals surface area contributed by atoms with Gasteiger partial charge >= 0.3 is 12.1 Å². The highest BCUT2D eigenvalue weighted by atomic mass is 16.6. The normalized spacial score (nSPS) is 12.4. The van der Waals surface area contributed by atoms with E-state index in [0.717, 1.165) is 5.56 Å². The number of amides is 1. The van der Waals surface area contributed by atoms with Crippen molar-refractivity contribution in [1.82, 2.24) is 9.88 Å². The number of hydrogen-bond donors (Lipinski definition) is 0. The minimum Gasteiger partial charge on any atom is -0.467 e. The molecule has 0 spiro atoms. The first kappa shape index (κ1) is 16.9. The molecule has 116 valence electrons. The van der Waals surface area contributed by atoms with Gasteiger partial charge in [-0.2, -0.15) is 0 Å². The third-order valence-corrected chi connectivity index (χ3v) is 2.77. The van der Waals surface area contributed by atoms with Crippen LogP contribution in [-0.4, -0.2) is 47.7 Å². The predicted octanol–water partition coefficient (Wildman–Crippen LogP) is 2.03. The molecule has 1 heterocycles. The molecule has 1 atom stereocenters. The van der Waals surface area contributed by atoms with Crippen molar-refractivity contribution in [3.05, 3.63) is 30.1 Å². The number of hydrogen-bond acceptors (Lipinski definition) is 5. The lowest BCUT2D eigenvalue weighted by Crippen LogP contribution is -2.46. The van der Waals surface area contributed by atoms with E-state index in [9.17, 15) is 9.59 Å². The molecule has 0 aromatic carbocycles. The van der Waals surface area contributed by atoms with E-state index in [4.69, 9.17) is 9.47 Å². The zero-order valence-corrected chi connectivity index (χ0v) is 13.1. The number of methoxy groups -OCH3 is 1. The van der Waals surface area contributed by atoms with Crippen LogP contribution in [-0.2, 0) is 20.7 Å². The zero-order valence-electron chi connectivity index (χ0n) is 13.1. The first-order chi connectivity index (χ1) is 9.74. The van der Waals surface area contributed by atoms with E-state index in [2.05, 4.69) is 4.98 Å². The average Bonchev–Trinajstić information content (AvgIpc) is 2.42. The van der Waals surface area contributed by atoms with Crippen molar-refractivity contribution in [1.29, 1.82) is 0 Å². The highest BCUT2D eigenvalue weighted by Crippen LogP contribution is 2.14. The van der Waals surface area contributed by atoms with Crippen molar-refractivity contribution >= 4 is 12.1 Å². The Balaban J connectivity index is 2.87. The summed E-state index contributed by atoms with van der Waals surface area (Å²) < 4.78 is 10.1. The number of ether oxygens (including phenoxy) is 2. The first-order valence-corrected chi connectivity index (χ1v) is 6.67. The summed E-state index contributed by atoms with van der Waals surface area (Å²) in [5.74, 6) is -0.493. The molecule has 0 radical (unpaired) electrons. The second kappa shape index (κ2) is 7.06. The van der Waals surface area contributed by atoms with E-state index in [-0.39, 0.29) is 0 Å². The lowest BCUT2D eigenvalue weighted by atomic mass is 10.1. The van der Waals surface area contributed by atoms with Gasteiger partial charge in [0, 0.05) is 25.9 Å². The van der Waals surface area contributed by atoms with E-state index < -0.39 is 23.7 Å². The first-order valence-electron chi connectivity index (χ1n) is 6.67. The van der Waals surface area contributed by atoms with Gasteiger partial charge < -0.3 is 9.47 Å². The molecule has 6 heteroatoms. The van der Waals surface area contributed by atoms with E-state index in [1.54, 1.807) is 39.2 Å². The summed E-state index contributed by atoms with van der Waals surface area (Å²) in [7, 11) is 2.81. The number of esters is 1. The van der Waals surface area contributed by atoms with E-state index in [1.807, 2.05) is 6.07 Å². The van der Waals surface area contributed by atoms with Crippen LogP contribution in [0.4, 0.5) is 4.79 Å². The number of nitrogens with zero attached hydrogens (tertiary/aromatic N) is 2. The summed E-state index contributed by atoms with van der Waals surface area (Å²) in [5, 5.41) is 0. The van der Waals surface area contributed by atoms with E-state index in [1.165, 1.54) is 19.1 Å². The lowest BCUT2D eigenvalue weighted by Gasteiger charge is -2.29. The van der Waals surface area contributed by atoms with Crippen LogP contribution in [0.15, 0.2) is 24.5 Å². The number of carbonyl (C=O) groups excluding carboxylic acids is 2. The summed E-state index contributed by atoms with van der Waals surface area (Å²) in [4.78, 5) is 29.3. The molecular formula is C15H22N2O4. The van der Waals surface area contributed by atoms with Crippen molar-refractivity contribution in [2.75, 3.05) is 14.2 Å². The fourth-order valence-corrected chi connectivity index (χ4v) is 1.72. The minimum absolute atomic E-state index is 0.316. The number of pyridine rings is 1. The van der Waals surface area contributed by atoms with Gasteiger partial charge in [0.25, 0.3) is 0 Å². The monoisotopic (exact) mass is 294 g/mol. The highest BCUT2D eigenvalue weighted by molar-refractivity contribution is 5.81. The Bertz CT molecular complexity index is 482. The fraction of sp³-hybridized carbons (Fsp3) is 0.533. The second-order valence-corrected chi connectivity index (χ2v) is 5.70. The van der Waals surface area contributed by atoms with Crippen LogP contribution in [0, 0.1) is 0 Å². The van der Waals surface area contributed by atoms with Gasteiger partial charge in [0.05, 0.1) is 7.11 Å². The Hall–Kier alpha value is -2.11. The zero-order chi connectivity index (χ0) is 16.0. The third-order valence-electron chi connectivity index (χ3n) is 2.77. The van der Waals surface area contributed by atoms with Gasteiger partial charge in [-0.1, -0.05) is 6.07 Å². The van der Waals surface area contributed by atoms with Crippen LogP contribution >= 0.6 is 0 Å². The Labute approximate surface area is 125 Å². The molecule has 1 aromatic rings. The molecule has 1 rings (SSSR count). The molecule has 6 nitrogen and oxygen atoms in total. The van der Waals surface area contributed by atoms with Crippen molar-refractivity contribution in [3.8, 4) is 0 Å². The molecule has 0 saturated heterocycles. The van der Waals surface area contributed by atoms with Gasteiger partial charge in [-0.15, -0.1) is 0 Å². The SMILES string of the molecule is COC(=O)[C@H](Cc1cccnc1)N(C)C(=O)OC(C)(C)C. The molecular weight excluding hydrogens is 272 g/mol. The quantitative estimate of drug-likeness (QED) is 0.795. The molecule has 0 saturated carbocycles. The van der Waals surface area contributed by atoms with Crippen molar-refractivity contribution in [2.45, 2.75) is 38.8 Å².